The molecule has 0 saturated carbocycles. The van der Waals surface area contributed by atoms with Gasteiger partial charge in [0.15, 0.2) is 5.69 Å². The van der Waals surface area contributed by atoms with Gasteiger partial charge in [-0.15, -0.1) is 0 Å². The van der Waals surface area contributed by atoms with Gasteiger partial charge in [-0.1, -0.05) is 69.9 Å². The van der Waals surface area contributed by atoms with E-state index in [9.17, 15) is 4.79 Å². The fraction of sp³-hybridized carbons (Fsp3) is 0.722. The standard InChI is InChI=1S/C18H30ClNO3/c1-3-4-5-6-7-8-9-10-11-12-15-23-20-14-13-16(19)17(20)18(21)22-2/h13-14H,3-12,15H2,1-2H3. The highest BCUT2D eigenvalue weighted by Gasteiger charge is 2.17. The topological polar surface area (TPSA) is 40.5 Å². The molecule has 0 radical (unpaired) electrons. The maximum atomic E-state index is 11.6. The molecule has 1 heterocycles. The third-order valence-electron chi connectivity index (χ3n) is 3.91. The number of hydrogen-bond acceptors (Lipinski definition) is 3. The highest BCUT2D eigenvalue weighted by atomic mass is 35.5. The number of ether oxygens (including phenoxy) is 1. The number of hydrogen-bond donors (Lipinski definition) is 0. The summed E-state index contributed by atoms with van der Waals surface area (Å²) in [5, 5.41) is 0.347. The third kappa shape index (κ3) is 7.78. The summed E-state index contributed by atoms with van der Waals surface area (Å²) in [5.74, 6) is -0.483. The smallest absolute Gasteiger partial charge is 0.359 e. The molecule has 1 rings (SSSR count). The van der Waals surface area contributed by atoms with Crippen LogP contribution in [0, 0.1) is 0 Å². The van der Waals surface area contributed by atoms with E-state index in [2.05, 4.69) is 6.92 Å². The Labute approximate surface area is 145 Å². The molecule has 0 aromatic carbocycles. The van der Waals surface area contributed by atoms with E-state index in [0.29, 0.717) is 11.6 Å². The Balaban J connectivity index is 2.06. The number of unbranched alkanes of at least 4 members (excludes halogenated alkanes) is 9. The van der Waals surface area contributed by atoms with E-state index in [-0.39, 0.29) is 5.69 Å². The molecule has 0 spiro atoms. The monoisotopic (exact) mass is 343 g/mol. The number of nitrogens with zero attached hydrogens (tertiary/aromatic N) is 1. The molecule has 4 nitrogen and oxygen atoms in total. The van der Waals surface area contributed by atoms with E-state index in [4.69, 9.17) is 21.2 Å². The fourth-order valence-electron chi connectivity index (χ4n) is 2.54. The van der Waals surface area contributed by atoms with E-state index in [1.54, 1.807) is 12.3 Å². The van der Waals surface area contributed by atoms with Crippen molar-refractivity contribution in [1.82, 2.24) is 4.73 Å². The highest BCUT2D eigenvalue weighted by Crippen LogP contribution is 2.17. The van der Waals surface area contributed by atoms with Crippen LogP contribution in [-0.4, -0.2) is 24.4 Å². The van der Waals surface area contributed by atoms with E-state index in [1.807, 2.05) is 0 Å². The molecule has 0 bridgehead atoms. The Morgan fingerprint density at radius 3 is 2.17 bits per heavy atom. The van der Waals surface area contributed by atoms with Crippen molar-refractivity contribution in [2.24, 2.45) is 0 Å². The number of esters is 1. The van der Waals surface area contributed by atoms with Crippen molar-refractivity contribution < 1.29 is 14.4 Å². The number of halogens is 1. The number of carbonyl (C=O) groups excluding carboxylic acids is 1. The first kappa shape index (κ1) is 19.9. The Bertz CT molecular complexity index is 445. The zero-order valence-corrected chi connectivity index (χ0v) is 15.2. The summed E-state index contributed by atoms with van der Waals surface area (Å²) in [4.78, 5) is 17.2. The van der Waals surface area contributed by atoms with Gasteiger partial charge in [0.25, 0.3) is 0 Å². The van der Waals surface area contributed by atoms with Crippen LogP contribution in [0.5, 0.6) is 0 Å². The normalized spacial score (nSPS) is 10.7. The zero-order valence-electron chi connectivity index (χ0n) is 14.5. The lowest BCUT2D eigenvalue weighted by Crippen LogP contribution is -2.18. The molecule has 0 N–H and O–H groups in total. The predicted octanol–water partition coefficient (Wildman–Crippen LogP) is 5.28. The third-order valence-corrected chi connectivity index (χ3v) is 4.21. The lowest BCUT2D eigenvalue weighted by atomic mass is 10.1. The van der Waals surface area contributed by atoms with Gasteiger partial charge in [-0.25, -0.2) is 4.79 Å². The van der Waals surface area contributed by atoms with Gasteiger partial charge >= 0.3 is 5.97 Å². The number of methoxy groups -OCH3 is 1. The first-order valence-corrected chi connectivity index (χ1v) is 9.17. The molecule has 23 heavy (non-hydrogen) atoms. The first-order valence-electron chi connectivity index (χ1n) is 8.79. The summed E-state index contributed by atoms with van der Waals surface area (Å²) in [6, 6.07) is 1.63. The summed E-state index contributed by atoms with van der Waals surface area (Å²) in [6.07, 6.45) is 14.5. The van der Waals surface area contributed by atoms with Crippen molar-refractivity contribution in [3.63, 3.8) is 0 Å². The van der Waals surface area contributed by atoms with Crippen molar-refractivity contribution in [1.29, 1.82) is 0 Å². The second-order valence-corrected chi connectivity index (χ2v) is 6.25. The van der Waals surface area contributed by atoms with E-state index in [0.717, 1.165) is 12.8 Å². The molecule has 0 saturated heterocycles. The predicted molar refractivity (Wildman–Crippen MR) is 94.1 cm³/mol. The van der Waals surface area contributed by atoms with Gasteiger partial charge in [-0.3, -0.25) is 0 Å². The molecule has 132 valence electrons. The molecule has 0 amide bonds. The fourth-order valence-corrected chi connectivity index (χ4v) is 2.75. The van der Waals surface area contributed by atoms with Crippen molar-refractivity contribution in [2.75, 3.05) is 13.7 Å². The largest absolute Gasteiger partial charge is 0.464 e. The molecule has 5 heteroatoms. The average molecular weight is 344 g/mol. The summed E-state index contributed by atoms with van der Waals surface area (Å²) in [6.45, 7) is 2.82. The van der Waals surface area contributed by atoms with Crippen molar-refractivity contribution in [2.45, 2.75) is 71.1 Å². The molecule has 0 atom stereocenters. The molecular weight excluding hydrogens is 314 g/mol. The minimum Gasteiger partial charge on any atom is -0.464 e. The maximum absolute atomic E-state index is 11.6. The summed E-state index contributed by atoms with van der Waals surface area (Å²) in [5.41, 5.74) is 0.251. The SMILES string of the molecule is CCCCCCCCCCCCOn1ccc(Cl)c1C(=O)OC. The molecular formula is C18H30ClNO3. The average Bonchev–Trinajstić information content (AvgIpc) is 2.92. The van der Waals surface area contributed by atoms with Gasteiger partial charge in [0.1, 0.15) is 6.61 Å². The zero-order chi connectivity index (χ0) is 16.9. The Morgan fingerprint density at radius 2 is 1.61 bits per heavy atom. The molecule has 0 aliphatic heterocycles. The molecule has 1 aromatic rings. The quantitative estimate of drug-likeness (QED) is 0.361. The van der Waals surface area contributed by atoms with Crippen LogP contribution >= 0.6 is 11.6 Å². The molecule has 0 aliphatic carbocycles. The van der Waals surface area contributed by atoms with Crippen molar-refractivity contribution in [3.05, 3.63) is 23.0 Å². The van der Waals surface area contributed by atoms with Gasteiger partial charge in [-0.05, 0) is 18.9 Å². The summed E-state index contributed by atoms with van der Waals surface area (Å²) >= 11 is 5.96. The van der Waals surface area contributed by atoms with E-state index < -0.39 is 5.97 Å². The van der Waals surface area contributed by atoms with Crippen molar-refractivity contribution in [3.8, 4) is 0 Å². The van der Waals surface area contributed by atoms with Crippen LogP contribution < -0.4 is 4.84 Å². The number of rotatable bonds is 13. The Hall–Kier alpha value is -1.16. The second-order valence-electron chi connectivity index (χ2n) is 5.84. The van der Waals surface area contributed by atoms with Crippen LogP contribution in [-0.2, 0) is 4.74 Å². The number of aromatic nitrogens is 1. The van der Waals surface area contributed by atoms with Crippen LogP contribution in [0.3, 0.4) is 0 Å². The lowest BCUT2D eigenvalue weighted by Gasteiger charge is -2.10. The minimum absolute atomic E-state index is 0.251. The molecule has 1 aromatic heterocycles. The number of carbonyl (C=O) groups is 1. The van der Waals surface area contributed by atoms with Gasteiger partial charge in [0, 0.05) is 6.20 Å². The van der Waals surface area contributed by atoms with E-state index in [1.165, 1.54) is 63.2 Å². The minimum atomic E-state index is -0.483. The van der Waals surface area contributed by atoms with Crippen LogP contribution in [0.2, 0.25) is 5.02 Å². The van der Waals surface area contributed by atoms with Crippen LogP contribution in [0.15, 0.2) is 12.3 Å². The Kier molecular flexibility index (Phi) is 10.6. The van der Waals surface area contributed by atoms with Gasteiger partial charge in [-0.2, -0.15) is 4.73 Å². The highest BCUT2D eigenvalue weighted by molar-refractivity contribution is 6.33. The first-order chi connectivity index (χ1) is 11.2. The van der Waals surface area contributed by atoms with Crippen molar-refractivity contribution >= 4 is 17.6 Å². The summed E-state index contributed by atoms with van der Waals surface area (Å²) in [7, 11) is 1.33. The lowest BCUT2D eigenvalue weighted by molar-refractivity contribution is 0.0504. The Morgan fingerprint density at radius 1 is 1.04 bits per heavy atom. The second kappa shape index (κ2) is 12.3. The summed E-state index contributed by atoms with van der Waals surface area (Å²) < 4.78 is 6.10. The molecule has 0 fully saturated rings. The molecule has 0 aliphatic rings. The van der Waals surface area contributed by atoms with Crippen LogP contribution in [0.1, 0.15) is 81.6 Å². The van der Waals surface area contributed by atoms with Crippen LogP contribution in [0.4, 0.5) is 0 Å². The van der Waals surface area contributed by atoms with Gasteiger partial charge in [0.05, 0.1) is 12.1 Å². The van der Waals surface area contributed by atoms with Gasteiger partial charge in [0.2, 0.25) is 0 Å². The van der Waals surface area contributed by atoms with Gasteiger partial charge < -0.3 is 9.57 Å². The van der Waals surface area contributed by atoms with E-state index >= 15 is 0 Å². The van der Waals surface area contributed by atoms with Crippen LogP contribution in [0.25, 0.3) is 0 Å². The maximum Gasteiger partial charge on any atom is 0.359 e. The molecule has 0 unspecified atom stereocenters.